The van der Waals surface area contributed by atoms with E-state index in [9.17, 15) is 4.39 Å². The molecule has 3 N–H and O–H groups in total. The van der Waals surface area contributed by atoms with Crippen molar-refractivity contribution < 1.29 is 4.39 Å². The zero-order valence-corrected chi connectivity index (χ0v) is 10.7. The van der Waals surface area contributed by atoms with Crippen LogP contribution in [0.3, 0.4) is 0 Å². The number of rotatable bonds is 4. The summed E-state index contributed by atoms with van der Waals surface area (Å²) in [7, 11) is 0. The second kappa shape index (κ2) is 5.14. The Morgan fingerprint density at radius 3 is 2.94 bits per heavy atom. The van der Waals surface area contributed by atoms with E-state index in [2.05, 4.69) is 10.4 Å². The van der Waals surface area contributed by atoms with Gasteiger partial charge in [-0.15, -0.1) is 0 Å². The van der Waals surface area contributed by atoms with Crippen LogP contribution in [0, 0.1) is 5.82 Å². The summed E-state index contributed by atoms with van der Waals surface area (Å²) in [6.45, 7) is 2.76. The number of hydrogen-bond acceptors (Lipinski definition) is 3. The van der Waals surface area contributed by atoms with E-state index in [0.717, 1.165) is 12.2 Å². The maximum atomic E-state index is 13.6. The lowest BCUT2D eigenvalue weighted by Crippen LogP contribution is -2.14. The van der Waals surface area contributed by atoms with E-state index in [-0.39, 0.29) is 10.6 Å². The number of aryl methyl sites for hydroxylation is 1. The lowest BCUT2D eigenvalue weighted by atomic mass is 10.1. The smallest absolute Gasteiger partial charge is 0.135 e. The van der Waals surface area contributed by atoms with Crippen LogP contribution in [-0.4, -0.2) is 14.8 Å². The standard InChI is InChI=1S/C12H13FN4S/c1-2-17-7-8(6-15-17)16-10-5-3-4-9(13)11(10)12(14)18/h3-7,16H,2H2,1H3,(H2,14,18). The molecule has 0 spiro atoms. The number of benzene rings is 1. The van der Waals surface area contributed by atoms with Crippen LogP contribution in [0.4, 0.5) is 15.8 Å². The number of halogens is 1. The predicted octanol–water partition coefficient (Wildman–Crippen LogP) is 2.42. The highest BCUT2D eigenvalue weighted by Crippen LogP contribution is 2.22. The number of anilines is 2. The molecule has 0 radical (unpaired) electrons. The monoisotopic (exact) mass is 264 g/mol. The van der Waals surface area contributed by atoms with E-state index in [1.165, 1.54) is 6.07 Å². The summed E-state index contributed by atoms with van der Waals surface area (Å²) in [4.78, 5) is 0.0264. The van der Waals surface area contributed by atoms with E-state index in [4.69, 9.17) is 18.0 Å². The Morgan fingerprint density at radius 2 is 2.33 bits per heavy atom. The Kier molecular flexibility index (Phi) is 3.57. The second-order valence-electron chi connectivity index (χ2n) is 3.74. The summed E-state index contributed by atoms with van der Waals surface area (Å²) in [5.41, 5.74) is 7.05. The van der Waals surface area contributed by atoms with Crippen LogP contribution in [0.15, 0.2) is 30.6 Å². The zero-order chi connectivity index (χ0) is 13.1. The number of thiocarbonyl (C=S) groups is 1. The Balaban J connectivity index is 2.34. The molecule has 1 aromatic carbocycles. The average Bonchev–Trinajstić information content (AvgIpc) is 2.76. The molecule has 0 aliphatic rings. The van der Waals surface area contributed by atoms with Crippen molar-refractivity contribution >= 4 is 28.6 Å². The fourth-order valence-electron chi connectivity index (χ4n) is 1.64. The molecule has 2 aromatic rings. The third kappa shape index (κ3) is 2.48. The number of aromatic nitrogens is 2. The van der Waals surface area contributed by atoms with E-state index < -0.39 is 5.82 Å². The molecule has 0 atom stereocenters. The van der Waals surface area contributed by atoms with Gasteiger partial charge in [-0.2, -0.15) is 5.10 Å². The van der Waals surface area contributed by atoms with Gasteiger partial charge in [0, 0.05) is 12.7 Å². The third-order valence-corrected chi connectivity index (χ3v) is 2.70. The summed E-state index contributed by atoms with van der Waals surface area (Å²) >= 11 is 4.86. The molecule has 0 unspecified atom stereocenters. The summed E-state index contributed by atoms with van der Waals surface area (Å²) in [6.07, 6.45) is 3.49. The largest absolute Gasteiger partial charge is 0.389 e. The van der Waals surface area contributed by atoms with Crippen molar-refractivity contribution in [2.24, 2.45) is 5.73 Å². The van der Waals surface area contributed by atoms with Crippen molar-refractivity contribution in [3.63, 3.8) is 0 Å². The normalized spacial score (nSPS) is 10.3. The maximum absolute atomic E-state index is 13.6. The topological polar surface area (TPSA) is 55.9 Å². The van der Waals surface area contributed by atoms with Gasteiger partial charge in [0.1, 0.15) is 10.8 Å². The molecule has 0 fully saturated rings. The van der Waals surface area contributed by atoms with Crippen LogP contribution in [0.2, 0.25) is 0 Å². The van der Waals surface area contributed by atoms with Crippen LogP contribution < -0.4 is 11.1 Å². The summed E-state index contributed by atoms with van der Waals surface area (Å²) in [6, 6.07) is 4.65. The van der Waals surface area contributed by atoms with Crippen LogP contribution in [0.5, 0.6) is 0 Å². The summed E-state index contributed by atoms with van der Waals surface area (Å²) in [5.74, 6) is -0.435. The average molecular weight is 264 g/mol. The Labute approximate surface area is 110 Å². The highest BCUT2D eigenvalue weighted by atomic mass is 32.1. The van der Waals surface area contributed by atoms with Gasteiger partial charge in [-0.05, 0) is 19.1 Å². The fourth-order valence-corrected chi connectivity index (χ4v) is 1.84. The minimum Gasteiger partial charge on any atom is -0.389 e. The SMILES string of the molecule is CCn1cc(Nc2cccc(F)c2C(N)=S)cn1. The molecule has 1 aromatic heterocycles. The van der Waals surface area contributed by atoms with Gasteiger partial charge in [-0.25, -0.2) is 4.39 Å². The first-order valence-electron chi connectivity index (χ1n) is 5.49. The zero-order valence-electron chi connectivity index (χ0n) is 9.85. The van der Waals surface area contributed by atoms with E-state index >= 15 is 0 Å². The lowest BCUT2D eigenvalue weighted by molar-refractivity contribution is 0.626. The first-order chi connectivity index (χ1) is 8.61. The van der Waals surface area contributed by atoms with Crippen molar-refractivity contribution in [1.29, 1.82) is 0 Å². The van der Waals surface area contributed by atoms with E-state index in [1.54, 1.807) is 23.0 Å². The fraction of sp³-hybridized carbons (Fsp3) is 0.167. The first-order valence-corrected chi connectivity index (χ1v) is 5.90. The molecule has 18 heavy (non-hydrogen) atoms. The Bertz CT molecular complexity index is 579. The first kappa shape index (κ1) is 12.5. The molecule has 0 bridgehead atoms. The quantitative estimate of drug-likeness (QED) is 0.833. The molecular formula is C12H13FN4S. The molecule has 0 amide bonds. The number of nitrogens with zero attached hydrogens (tertiary/aromatic N) is 2. The Hall–Kier alpha value is -1.95. The molecular weight excluding hydrogens is 251 g/mol. The van der Waals surface area contributed by atoms with Gasteiger partial charge in [-0.3, -0.25) is 4.68 Å². The van der Waals surface area contributed by atoms with Gasteiger partial charge in [-0.1, -0.05) is 18.3 Å². The maximum Gasteiger partial charge on any atom is 0.135 e. The number of hydrogen-bond donors (Lipinski definition) is 2. The molecule has 0 aliphatic heterocycles. The molecule has 1 heterocycles. The highest BCUT2D eigenvalue weighted by Gasteiger charge is 2.11. The van der Waals surface area contributed by atoms with E-state index in [1.807, 2.05) is 13.1 Å². The van der Waals surface area contributed by atoms with Crippen molar-refractivity contribution in [2.75, 3.05) is 5.32 Å². The highest BCUT2D eigenvalue weighted by molar-refractivity contribution is 7.80. The van der Waals surface area contributed by atoms with Crippen LogP contribution in [0.25, 0.3) is 0 Å². The summed E-state index contributed by atoms with van der Waals surface area (Å²) < 4.78 is 15.4. The third-order valence-electron chi connectivity index (χ3n) is 2.50. The lowest BCUT2D eigenvalue weighted by Gasteiger charge is -2.10. The van der Waals surface area contributed by atoms with Gasteiger partial charge in [0.15, 0.2) is 0 Å². The van der Waals surface area contributed by atoms with Gasteiger partial charge in [0.05, 0.1) is 23.1 Å². The van der Waals surface area contributed by atoms with Crippen LogP contribution >= 0.6 is 12.2 Å². The van der Waals surface area contributed by atoms with Crippen molar-refractivity contribution in [3.8, 4) is 0 Å². The number of nitrogens with one attached hydrogen (secondary N) is 1. The van der Waals surface area contributed by atoms with Gasteiger partial charge < -0.3 is 11.1 Å². The minimum absolute atomic E-state index is 0.0264. The van der Waals surface area contributed by atoms with Gasteiger partial charge in [0.25, 0.3) is 0 Å². The van der Waals surface area contributed by atoms with Crippen molar-refractivity contribution in [3.05, 3.63) is 42.0 Å². The molecule has 94 valence electrons. The molecule has 6 heteroatoms. The van der Waals surface area contributed by atoms with Crippen LogP contribution in [-0.2, 0) is 6.54 Å². The number of nitrogens with two attached hydrogens (primary N) is 1. The molecule has 2 rings (SSSR count). The Morgan fingerprint density at radius 1 is 1.56 bits per heavy atom. The second-order valence-corrected chi connectivity index (χ2v) is 4.18. The predicted molar refractivity (Wildman–Crippen MR) is 73.5 cm³/mol. The molecule has 0 saturated heterocycles. The summed E-state index contributed by atoms with van der Waals surface area (Å²) in [5, 5.41) is 7.18. The van der Waals surface area contributed by atoms with Gasteiger partial charge in [0.2, 0.25) is 0 Å². The molecule has 0 saturated carbocycles. The van der Waals surface area contributed by atoms with Crippen molar-refractivity contribution in [1.82, 2.24) is 9.78 Å². The van der Waals surface area contributed by atoms with Crippen molar-refractivity contribution in [2.45, 2.75) is 13.5 Å². The van der Waals surface area contributed by atoms with E-state index in [0.29, 0.717) is 5.69 Å². The van der Waals surface area contributed by atoms with Gasteiger partial charge >= 0.3 is 0 Å². The molecule has 4 nitrogen and oxygen atoms in total. The van der Waals surface area contributed by atoms with Crippen LogP contribution in [0.1, 0.15) is 12.5 Å². The minimum atomic E-state index is -0.435. The molecule has 0 aliphatic carbocycles.